The van der Waals surface area contributed by atoms with E-state index in [9.17, 15) is 0 Å². The standard InChI is InChI=1S/C14H19N3O/c1-5-13-15-14(16-17(13)3)12-8-6-11(7-9-12)10(2)18-4/h6-10H,5H2,1-4H3/t10-/m0/s1. The zero-order chi connectivity index (χ0) is 13.1. The van der Waals surface area contributed by atoms with Crippen molar-refractivity contribution in [3.05, 3.63) is 35.7 Å². The van der Waals surface area contributed by atoms with E-state index in [-0.39, 0.29) is 6.10 Å². The van der Waals surface area contributed by atoms with Crippen molar-refractivity contribution in [1.29, 1.82) is 0 Å². The molecule has 4 nitrogen and oxygen atoms in total. The van der Waals surface area contributed by atoms with Gasteiger partial charge in [0.05, 0.1) is 6.10 Å². The summed E-state index contributed by atoms with van der Waals surface area (Å²) in [5, 5.41) is 4.42. The molecule has 0 aliphatic rings. The molecular weight excluding hydrogens is 226 g/mol. The molecule has 4 heteroatoms. The third-order valence-electron chi connectivity index (χ3n) is 3.16. The van der Waals surface area contributed by atoms with Gasteiger partial charge >= 0.3 is 0 Å². The van der Waals surface area contributed by atoms with Crippen molar-refractivity contribution in [3.63, 3.8) is 0 Å². The van der Waals surface area contributed by atoms with E-state index in [2.05, 4.69) is 29.1 Å². The molecule has 96 valence electrons. The van der Waals surface area contributed by atoms with Crippen LogP contribution in [0.25, 0.3) is 11.4 Å². The van der Waals surface area contributed by atoms with Gasteiger partial charge in [-0.2, -0.15) is 5.10 Å². The molecule has 0 aliphatic heterocycles. The topological polar surface area (TPSA) is 39.9 Å². The fourth-order valence-corrected chi connectivity index (χ4v) is 1.89. The van der Waals surface area contributed by atoms with Gasteiger partial charge < -0.3 is 4.74 Å². The first-order valence-corrected chi connectivity index (χ1v) is 6.18. The Bertz CT molecular complexity index is 516. The minimum atomic E-state index is 0.113. The number of methoxy groups -OCH3 is 1. The number of hydrogen-bond donors (Lipinski definition) is 0. The van der Waals surface area contributed by atoms with E-state index in [0.29, 0.717) is 0 Å². The predicted molar refractivity (Wildman–Crippen MR) is 71.2 cm³/mol. The molecule has 2 aromatic rings. The van der Waals surface area contributed by atoms with Crippen LogP contribution < -0.4 is 0 Å². The Kier molecular flexibility index (Phi) is 3.77. The van der Waals surface area contributed by atoms with E-state index in [0.717, 1.165) is 29.2 Å². The van der Waals surface area contributed by atoms with Crippen LogP contribution in [0.4, 0.5) is 0 Å². The number of aromatic nitrogens is 3. The molecule has 0 aliphatic carbocycles. The molecule has 0 fully saturated rings. The van der Waals surface area contributed by atoms with E-state index >= 15 is 0 Å². The van der Waals surface area contributed by atoms with Gasteiger partial charge in [0.25, 0.3) is 0 Å². The van der Waals surface area contributed by atoms with Crippen molar-refractivity contribution in [2.24, 2.45) is 7.05 Å². The fraction of sp³-hybridized carbons (Fsp3) is 0.429. The summed E-state index contributed by atoms with van der Waals surface area (Å²) >= 11 is 0. The largest absolute Gasteiger partial charge is 0.377 e. The van der Waals surface area contributed by atoms with Crippen molar-refractivity contribution in [2.75, 3.05) is 7.11 Å². The van der Waals surface area contributed by atoms with Gasteiger partial charge in [0.15, 0.2) is 5.82 Å². The number of benzene rings is 1. The second kappa shape index (κ2) is 5.31. The van der Waals surface area contributed by atoms with Crippen molar-refractivity contribution >= 4 is 0 Å². The summed E-state index contributed by atoms with van der Waals surface area (Å²) in [6.07, 6.45) is 1.00. The molecule has 1 aromatic carbocycles. The third kappa shape index (κ3) is 2.43. The van der Waals surface area contributed by atoms with Gasteiger partial charge in [0, 0.05) is 26.1 Å². The summed E-state index contributed by atoms with van der Waals surface area (Å²) in [5.74, 6) is 1.78. The highest BCUT2D eigenvalue weighted by molar-refractivity contribution is 5.55. The third-order valence-corrected chi connectivity index (χ3v) is 3.16. The Morgan fingerprint density at radius 1 is 1.28 bits per heavy atom. The molecule has 0 saturated carbocycles. The lowest BCUT2D eigenvalue weighted by Gasteiger charge is -2.09. The average Bonchev–Trinajstić information content (AvgIpc) is 2.79. The van der Waals surface area contributed by atoms with Crippen molar-refractivity contribution in [2.45, 2.75) is 26.4 Å². The maximum Gasteiger partial charge on any atom is 0.181 e. The Labute approximate surface area is 108 Å². The molecule has 0 unspecified atom stereocenters. The second-order valence-electron chi connectivity index (χ2n) is 4.33. The first-order chi connectivity index (χ1) is 8.65. The zero-order valence-electron chi connectivity index (χ0n) is 11.3. The Balaban J connectivity index is 2.28. The highest BCUT2D eigenvalue weighted by Gasteiger charge is 2.09. The van der Waals surface area contributed by atoms with Crippen LogP contribution in [0.15, 0.2) is 24.3 Å². The predicted octanol–water partition coefficient (Wildman–Crippen LogP) is 2.75. The van der Waals surface area contributed by atoms with E-state index in [1.807, 2.05) is 30.8 Å². The summed E-state index contributed by atoms with van der Waals surface area (Å²) in [4.78, 5) is 4.51. The first kappa shape index (κ1) is 12.8. The summed E-state index contributed by atoms with van der Waals surface area (Å²) in [6.45, 7) is 4.11. The monoisotopic (exact) mass is 245 g/mol. The molecule has 0 N–H and O–H groups in total. The second-order valence-corrected chi connectivity index (χ2v) is 4.33. The summed E-state index contributed by atoms with van der Waals surface area (Å²) in [7, 11) is 3.64. The van der Waals surface area contributed by atoms with Crippen LogP contribution in [0.3, 0.4) is 0 Å². The summed E-state index contributed by atoms with van der Waals surface area (Å²) < 4.78 is 7.12. The Hall–Kier alpha value is -1.68. The van der Waals surface area contributed by atoms with Gasteiger partial charge in [-0.1, -0.05) is 31.2 Å². The molecule has 0 spiro atoms. The molecule has 0 amide bonds. The molecule has 1 heterocycles. The number of aryl methyl sites for hydroxylation is 2. The molecule has 1 atom stereocenters. The number of rotatable bonds is 4. The molecule has 2 rings (SSSR count). The lowest BCUT2D eigenvalue weighted by molar-refractivity contribution is 0.119. The van der Waals surface area contributed by atoms with Gasteiger partial charge in [0.1, 0.15) is 5.82 Å². The van der Waals surface area contributed by atoms with Crippen molar-refractivity contribution < 1.29 is 4.74 Å². The molecule has 0 bridgehead atoms. The quantitative estimate of drug-likeness (QED) is 0.831. The summed E-state index contributed by atoms with van der Waals surface area (Å²) in [6, 6.07) is 8.20. The van der Waals surface area contributed by atoms with E-state index in [1.165, 1.54) is 0 Å². The minimum Gasteiger partial charge on any atom is -0.377 e. The maximum absolute atomic E-state index is 5.29. The SMILES string of the molecule is CCc1nc(-c2ccc([C@H](C)OC)cc2)nn1C. The van der Waals surface area contributed by atoms with Gasteiger partial charge in [-0.3, -0.25) is 4.68 Å². The van der Waals surface area contributed by atoms with Crippen LogP contribution in [0, 0.1) is 0 Å². The highest BCUT2D eigenvalue weighted by Crippen LogP contribution is 2.21. The smallest absolute Gasteiger partial charge is 0.181 e. The van der Waals surface area contributed by atoms with Gasteiger partial charge in [-0.05, 0) is 12.5 Å². The lowest BCUT2D eigenvalue weighted by atomic mass is 10.1. The number of ether oxygens (including phenoxy) is 1. The fourth-order valence-electron chi connectivity index (χ4n) is 1.89. The van der Waals surface area contributed by atoms with Gasteiger partial charge in [0.2, 0.25) is 0 Å². The lowest BCUT2D eigenvalue weighted by Crippen LogP contribution is -1.96. The van der Waals surface area contributed by atoms with Gasteiger partial charge in [-0.15, -0.1) is 0 Å². The van der Waals surface area contributed by atoms with Gasteiger partial charge in [-0.25, -0.2) is 4.98 Å². The molecule has 0 radical (unpaired) electrons. The van der Waals surface area contributed by atoms with Crippen molar-refractivity contribution in [3.8, 4) is 11.4 Å². The van der Waals surface area contributed by atoms with E-state index in [4.69, 9.17) is 4.74 Å². The Morgan fingerprint density at radius 3 is 2.44 bits per heavy atom. The normalized spacial score (nSPS) is 12.7. The maximum atomic E-state index is 5.29. The zero-order valence-corrected chi connectivity index (χ0v) is 11.3. The molecular formula is C14H19N3O. The van der Waals surface area contributed by atoms with Crippen LogP contribution in [-0.4, -0.2) is 21.9 Å². The van der Waals surface area contributed by atoms with Crippen LogP contribution in [-0.2, 0) is 18.2 Å². The molecule has 0 saturated heterocycles. The van der Waals surface area contributed by atoms with Crippen LogP contribution in [0.1, 0.15) is 31.3 Å². The Morgan fingerprint density at radius 2 is 1.94 bits per heavy atom. The minimum absolute atomic E-state index is 0.113. The van der Waals surface area contributed by atoms with E-state index in [1.54, 1.807) is 7.11 Å². The van der Waals surface area contributed by atoms with Crippen LogP contribution >= 0.6 is 0 Å². The van der Waals surface area contributed by atoms with E-state index < -0.39 is 0 Å². The molecule has 18 heavy (non-hydrogen) atoms. The van der Waals surface area contributed by atoms with Crippen molar-refractivity contribution in [1.82, 2.24) is 14.8 Å². The molecule has 1 aromatic heterocycles. The number of nitrogens with zero attached hydrogens (tertiary/aromatic N) is 3. The highest BCUT2D eigenvalue weighted by atomic mass is 16.5. The first-order valence-electron chi connectivity index (χ1n) is 6.18. The van der Waals surface area contributed by atoms with Crippen LogP contribution in [0.5, 0.6) is 0 Å². The summed E-state index contributed by atoms with van der Waals surface area (Å²) in [5.41, 5.74) is 2.20. The average molecular weight is 245 g/mol. The number of hydrogen-bond acceptors (Lipinski definition) is 3. The van der Waals surface area contributed by atoms with Crippen LogP contribution in [0.2, 0.25) is 0 Å².